The molecule has 1 aromatic rings. The molecular weight excluding hydrogens is 190 g/mol. The summed E-state index contributed by atoms with van der Waals surface area (Å²) < 4.78 is 1.81. The second kappa shape index (κ2) is 3.72. The molecule has 2 rings (SSSR count). The van der Waals surface area contributed by atoms with Crippen molar-refractivity contribution in [2.24, 2.45) is 0 Å². The number of nitrogens with zero attached hydrogens (tertiary/aromatic N) is 1. The molecule has 0 atom stereocenters. The van der Waals surface area contributed by atoms with Crippen LogP contribution in [0.15, 0.2) is 10.9 Å². The van der Waals surface area contributed by atoms with E-state index >= 15 is 0 Å². The number of pyridine rings is 1. The predicted molar refractivity (Wildman–Crippen MR) is 59.4 cm³/mol. The van der Waals surface area contributed by atoms with Crippen molar-refractivity contribution in [1.82, 2.24) is 4.57 Å². The lowest BCUT2D eigenvalue weighted by atomic mass is 9.94. The van der Waals surface area contributed by atoms with Gasteiger partial charge in [-0.2, -0.15) is 0 Å². The van der Waals surface area contributed by atoms with Crippen LogP contribution in [0.2, 0.25) is 0 Å². The average molecular weight is 207 g/mol. The molecule has 1 aromatic heterocycles. The van der Waals surface area contributed by atoms with Gasteiger partial charge in [0.15, 0.2) is 0 Å². The van der Waals surface area contributed by atoms with Gasteiger partial charge in [-0.3, -0.25) is 4.79 Å². The van der Waals surface area contributed by atoms with Crippen molar-refractivity contribution in [2.45, 2.75) is 45.6 Å². The molecule has 0 fully saturated rings. The first-order chi connectivity index (χ1) is 7.11. The average Bonchev–Trinajstić information content (AvgIpc) is 2.17. The zero-order valence-electron chi connectivity index (χ0n) is 9.29. The van der Waals surface area contributed by atoms with Crippen molar-refractivity contribution in [3.8, 4) is 5.75 Å². The lowest BCUT2D eigenvalue weighted by Crippen LogP contribution is -2.27. The smallest absolute Gasteiger partial charge is 0.254 e. The summed E-state index contributed by atoms with van der Waals surface area (Å²) in [5, 5.41) is 9.73. The molecule has 0 unspecified atom stereocenters. The van der Waals surface area contributed by atoms with Crippen LogP contribution in [0.4, 0.5) is 0 Å². The maximum atomic E-state index is 11.8. The number of aromatic hydroxyl groups is 1. The lowest BCUT2D eigenvalue weighted by molar-refractivity contribution is 0.442. The van der Waals surface area contributed by atoms with Crippen LogP contribution in [-0.2, 0) is 12.8 Å². The number of fused-ring (bicyclic) bond motifs is 1. The molecular formula is C12H17NO2. The number of rotatable bonds is 1. The highest BCUT2D eigenvalue weighted by molar-refractivity contribution is 5.37. The topological polar surface area (TPSA) is 42.2 Å². The van der Waals surface area contributed by atoms with Gasteiger partial charge in [-0.1, -0.05) is 0 Å². The van der Waals surface area contributed by atoms with Crippen molar-refractivity contribution in [2.75, 3.05) is 0 Å². The molecule has 0 amide bonds. The maximum absolute atomic E-state index is 11.8. The Labute approximate surface area is 89.4 Å². The molecule has 1 heterocycles. The Morgan fingerprint density at radius 2 is 2.00 bits per heavy atom. The molecule has 0 radical (unpaired) electrons. The SMILES string of the molecule is CC(C)n1c2c(c(O)cc1=O)CCCC2. The summed E-state index contributed by atoms with van der Waals surface area (Å²) in [6.45, 7) is 4.01. The largest absolute Gasteiger partial charge is 0.507 e. The highest BCUT2D eigenvalue weighted by Gasteiger charge is 2.19. The van der Waals surface area contributed by atoms with E-state index in [1.807, 2.05) is 18.4 Å². The zero-order valence-corrected chi connectivity index (χ0v) is 9.29. The minimum atomic E-state index is -0.0804. The molecule has 0 saturated heterocycles. The van der Waals surface area contributed by atoms with Gasteiger partial charge in [0.1, 0.15) is 5.75 Å². The Hall–Kier alpha value is -1.25. The van der Waals surface area contributed by atoms with Gasteiger partial charge in [-0.25, -0.2) is 0 Å². The molecule has 0 spiro atoms. The fourth-order valence-corrected chi connectivity index (χ4v) is 2.40. The second-order valence-electron chi connectivity index (χ2n) is 4.46. The minimum Gasteiger partial charge on any atom is -0.507 e. The van der Waals surface area contributed by atoms with Gasteiger partial charge in [0.2, 0.25) is 0 Å². The Bertz CT molecular complexity index is 432. The molecule has 1 N–H and O–H groups in total. The second-order valence-corrected chi connectivity index (χ2v) is 4.46. The van der Waals surface area contributed by atoms with Crippen molar-refractivity contribution in [3.05, 3.63) is 27.7 Å². The molecule has 0 aliphatic heterocycles. The van der Waals surface area contributed by atoms with Crippen LogP contribution in [0.3, 0.4) is 0 Å². The highest BCUT2D eigenvalue weighted by atomic mass is 16.3. The molecule has 1 aliphatic rings. The van der Waals surface area contributed by atoms with Crippen LogP contribution in [-0.4, -0.2) is 9.67 Å². The highest BCUT2D eigenvalue weighted by Crippen LogP contribution is 2.28. The first-order valence-corrected chi connectivity index (χ1v) is 5.57. The van der Waals surface area contributed by atoms with Crippen LogP contribution >= 0.6 is 0 Å². The summed E-state index contributed by atoms with van der Waals surface area (Å²) in [6.07, 6.45) is 4.03. The Morgan fingerprint density at radius 3 is 2.67 bits per heavy atom. The minimum absolute atomic E-state index is 0.0804. The number of aromatic nitrogens is 1. The van der Waals surface area contributed by atoms with Gasteiger partial charge in [-0.05, 0) is 39.5 Å². The van der Waals surface area contributed by atoms with Gasteiger partial charge in [-0.15, -0.1) is 0 Å². The quantitative estimate of drug-likeness (QED) is 0.765. The molecule has 1 aliphatic carbocycles. The van der Waals surface area contributed by atoms with E-state index in [2.05, 4.69) is 0 Å². The van der Waals surface area contributed by atoms with Crippen molar-refractivity contribution >= 4 is 0 Å². The van der Waals surface area contributed by atoms with Gasteiger partial charge < -0.3 is 9.67 Å². The van der Waals surface area contributed by atoms with Gasteiger partial charge in [0.05, 0.1) is 0 Å². The Kier molecular flexibility index (Phi) is 2.55. The van der Waals surface area contributed by atoms with Crippen LogP contribution in [0.5, 0.6) is 5.75 Å². The van der Waals surface area contributed by atoms with Gasteiger partial charge in [0.25, 0.3) is 5.56 Å². The predicted octanol–water partition coefficient (Wildman–Crippen LogP) is 2.01. The number of hydrogen-bond acceptors (Lipinski definition) is 2. The standard InChI is InChI=1S/C12H17NO2/c1-8(2)13-10-6-4-3-5-9(10)11(14)7-12(13)15/h7-8,14H,3-6H2,1-2H3. The van der Waals surface area contributed by atoms with E-state index in [9.17, 15) is 9.90 Å². The fraction of sp³-hybridized carbons (Fsp3) is 0.583. The summed E-state index contributed by atoms with van der Waals surface area (Å²) in [5.41, 5.74) is 1.94. The fourth-order valence-electron chi connectivity index (χ4n) is 2.40. The third-order valence-corrected chi connectivity index (χ3v) is 3.05. The van der Waals surface area contributed by atoms with E-state index < -0.39 is 0 Å². The van der Waals surface area contributed by atoms with Crippen LogP contribution < -0.4 is 5.56 Å². The lowest BCUT2D eigenvalue weighted by Gasteiger charge is -2.23. The normalized spacial score (nSPS) is 15.4. The summed E-state index contributed by atoms with van der Waals surface area (Å²) in [5.74, 6) is 0.187. The molecule has 0 bridgehead atoms. The first-order valence-electron chi connectivity index (χ1n) is 5.57. The van der Waals surface area contributed by atoms with Crippen LogP contribution in [0.25, 0.3) is 0 Å². The van der Waals surface area contributed by atoms with E-state index in [-0.39, 0.29) is 17.4 Å². The summed E-state index contributed by atoms with van der Waals surface area (Å²) in [6, 6.07) is 1.52. The van der Waals surface area contributed by atoms with E-state index in [4.69, 9.17) is 0 Å². The monoisotopic (exact) mass is 207 g/mol. The molecule has 82 valence electrons. The summed E-state index contributed by atoms with van der Waals surface area (Å²) in [7, 11) is 0. The molecule has 0 saturated carbocycles. The molecule has 0 aromatic carbocycles. The van der Waals surface area contributed by atoms with Crippen molar-refractivity contribution in [3.63, 3.8) is 0 Å². The summed E-state index contributed by atoms with van der Waals surface area (Å²) in [4.78, 5) is 11.8. The van der Waals surface area contributed by atoms with E-state index in [0.717, 1.165) is 36.9 Å². The third kappa shape index (κ3) is 1.66. The van der Waals surface area contributed by atoms with E-state index in [1.165, 1.54) is 6.07 Å². The molecule has 3 nitrogen and oxygen atoms in total. The maximum Gasteiger partial charge on any atom is 0.254 e. The summed E-state index contributed by atoms with van der Waals surface area (Å²) >= 11 is 0. The zero-order chi connectivity index (χ0) is 11.0. The molecule has 3 heteroatoms. The van der Waals surface area contributed by atoms with Crippen LogP contribution in [0.1, 0.15) is 44.0 Å². The van der Waals surface area contributed by atoms with E-state index in [0.29, 0.717) is 0 Å². The van der Waals surface area contributed by atoms with Gasteiger partial charge in [0, 0.05) is 23.4 Å². The number of hydrogen-bond donors (Lipinski definition) is 1. The van der Waals surface area contributed by atoms with Crippen molar-refractivity contribution < 1.29 is 5.11 Å². The third-order valence-electron chi connectivity index (χ3n) is 3.05. The van der Waals surface area contributed by atoms with Crippen molar-refractivity contribution in [1.29, 1.82) is 0 Å². The van der Waals surface area contributed by atoms with E-state index in [1.54, 1.807) is 0 Å². The Balaban J connectivity index is 2.69. The first kappa shape index (κ1) is 10.3. The van der Waals surface area contributed by atoms with Crippen LogP contribution in [0, 0.1) is 0 Å². The Morgan fingerprint density at radius 1 is 1.33 bits per heavy atom. The molecule has 15 heavy (non-hydrogen) atoms. The van der Waals surface area contributed by atoms with Gasteiger partial charge >= 0.3 is 0 Å².